The molecule has 0 radical (unpaired) electrons. The van der Waals surface area contributed by atoms with Gasteiger partial charge in [-0.15, -0.1) is 0 Å². The Morgan fingerprint density at radius 1 is 1.46 bits per heavy atom. The number of hydrogen-bond donors (Lipinski definition) is 0. The van der Waals surface area contributed by atoms with Gasteiger partial charge in [-0.05, 0) is 33.6 Å². The van der Waals surface area contributed by atoms with Crippen molar-refractivity contribution < 1.29 is 9.53 Å². The molecule has 0 saturated heterocycles. The molecule has 0 aliphatic rings. The SMILES string of the molecule is C/C=C(\C)CC/C=C/C(=O)OCC. The van der Waals surface area contributed by atoms with E-state index in [0.717, 1.165) is 12.8 Å². The van der Waals surface area contributed by atoms with E-state index in [1.54, 1.807) is 6.92 Å². The number of rotatable bonds is 5. The van der Waals surface area contributed by atoms with Gasteiger partial charge in [-0.3, -0.25) is 0 Å². The molecule has 0 bridgehead atoms. The van der Waals surface area contributed by atoms with Gasteiger partial charge in [0.05, 0.1) is 6.61 Å². The zero-order valence-corrected chi connectivity index (χ0v) is 8.67. The minimum atomic E-state index is -0.249. The van der Waals surface area contributed by atoms with E-state index in [0.29, 0.717) is 6.61 Å². The van der Waals surface area contributed by atoms with Gasteiger partial charge in [0.15, 0.2) is 0 Å². The summed E-state index contributed by atoms with van der Waals surface area (Å²) in [5.74, 6) is -0.249. The van der Waals surface area contributed by atoms with Crippen molar-refractivity contribution in [2.75, 3.05) is 6.61 Å². The van der Waals surface area contributed by atoms with Crippen LogP contribution in [0.3, 0.4) is 0 Å². The van der Waals surface area contributed by atoms with Crippen molar-refractivity contribution in [3.8, 4) is 0 Å². The van der Waals surface area contributed by atoms with Gasteiger partial charge < -0.3 is 4.74 Å². The third-order valence-electron chi connectivity index (χ3n) is 1.74. The van der Waals surface area contributed by atoms with Crippen LogP contribution < -0.4 is 0 Å². The van der Waals surface area contributed by atoms with Crippen LogP contribution in [-0.2, 0) is 9.53 Å². The molecular weight excluding hydrogens is 164 g/mol. The molecule has 2 heteroatoms. The van der Waals surface area contributed by atoms with E-state index in [2.05, 4.69) is 13.0 Å². The van der Waals surface area contributed by atoms with Crippen molar-refractivity contribution in [3.05, 3.63) is 23.8 Å². The third kappa shape index (κ3) is 7.32. The fourth-order valence-electron chi connectivity index (χ4n) is 0.825. The van der Waals surface area contributed by atoms with Crippen molar-refractivity contribution in [3.63, 3.8) is 0 Å². The summed E-state index contributed by atoms with van der Waals surface area (Å²) in [7, 11) is 0. The Morgan fingerprint density at radius 3 is 2.69 bits per heavy atom. The molecule has 0 aromatic rings. The normalized spacial score (nSPS) is 12.1. The zero-order chi connectivity index (χ0) is 10.1. The van der Waals surface area contributed by atoms with Crippen molar-refractivity contribution in [1.82, 2.24) is 0 Å². The van der Waals surface area contributed by atoms with E-state index in [1.807, 2.05) is 13.0 Å². The highest BCUT2D eigenvalue weighted by atomic mass is 16.5. The predicted molar refractivity (Wildman–Crippen MR) is 54.4 cm³/mol. The lowest BCUT2D eigenvalue weighted by Crippen LogP contribution is -1.98. The van der Waals surface area contributed by atoms with Crippen LogP contribution in [0.4, 0.5) is 0 Å². The zero-order valence-electron chi connectivity index (χ0n) is 8.67. The van der Waals surface area contributed by atoms with Crippen LogP contribution in [0, 0.1) is 0 Å². The summed E-state index contributed by atoms with van der Waals surface area (Å²) in [5.41, 5.74) is 1.34. The Kier molecular flexibility index (Phi) is 6.98. The summed E-state index contributed by atoms with van der Waals surface area (Å²) in [6, 6.07) is 0. The molecule has 0 aliphatic heterocycles. The van der Waals surface area contributed by atoms with Crippen LogP contribution >= 0.6 is 0 Å². The molecule has 0 spiro atoms. The van der Waals surface area contributed by atoms with E-state index in [1.165, 1.54) is 11.6 Å². The monoisotopic (exact) mass is 182 g/mol. The summed E-state index contributed by atoms with van der Waals surface area (Å²) >= 11 is 0. The molecule has 0 heterocycles. The molecule has 2 nitrogen and oxygen atoms in total. The van der Waals surface area contributed by atoms with Crippen molar-refractivity contribution in [2.24, 2.45) is 0 Å². The number of allylic oxidation sites excluding steroid dienone is 3. The first-order valence-corrected chi connectivity index (χ1v) is 4.65. The fraction of sp³-hybridized carbons (Fsp3) is 0.545. The maximum Gasteiger partial charge on any atom is 0.330 e. The van der Waals surface area contributed by atoms with Gasteiger partial charge in [-0.1, -0.05) is 17.7 Å². The number of hydrogen-bond acceptors (Lipinski definition) is 2. The highest BCUT2D eigenvalue weighted by Crippen LogP contribution is 2.03. The van der Waals surface area contributed by atoms with Crippen LogP contribution in [0.25, 0.3) is 0 Å². The first-order valence-electron chi connectivity index (χ1n) is 4.65. The molecule has 0 saturated carbocycles. The van der Waals surface area contributed by atoms with E-state index in [4.69, 9.17) is 4.74 Å². The predicted octanol–water partition coefficient (Wildman–Crippen LogP) is 2.85. The molecule has 0 fully saturated rings. The molecule has 0 amide bonds. The molecular formula is C11H18O2. The maximum absolute atomic E-state index is 10.8. The summed E-state index contributed by atoms with van der Waals surface area (Å²) in [5, 5.41) is 0. The second-order valence-corrected chi connectivity index (χ2v) is 2.83. The van der Waals surface area contributed by atoms with Crippen LogP contribution in [0.1, 0.15) is 33.6 Å². The topological polar surface area (TPSA) is 26.3 Å². The summed E-state index contributed by atoms with van der Waals surface area (Å²) < 4.78 is 4.73. The molecule has 74 valence electrons. The van der Waals surface area contributed by atoms with Crippen molar-refractivity contribution in [1.29, 1.82) is 0 Å². The smallest absolute Gasteiger partial charge is 0.330 e. The van der Waals surface area contributed by atoms with Gasteiger partial charge in [-0.25, -0.2) is 4.79 Å². The fourth-order valence-corrected chi connectivity index (χ4v) is 0.825. The highest BCUT2D eigenvalue weighted by Gasteiger charge is 1.92. The summed E-state index contributed by atoms with van der Waals surface area (Å²) in [6.45, 7) is 6.34. The molecule has 0 atom stereocenters. The Balaban J connectivity index is 3.57. The van der Waals surface area contributed by atoms with Gasteiger partial charge in [0.2, 0.25) is 0 Å². The first-order chi connectivity index (χ1) is 6.20. The Morgan fingerprint density at radius 2 is 2.15 bits per heavy atom. The average Bonchev–Trinajstić information content (AvgIpc) is 2.12. The van der Waals surface area contributed by atoms with Gasteiger partial charge in [-0.2, -0.15) is 0 Å². The quantitative estimate of drug-likeness (QED) is 0.371. The molecule has 0 rings (SSSR count). The lowest BCUT2D eigenvalue weighted by molar-refractivity contribution is -0.137. The van der Waals surface area contributed by atoms with Gasteiger partial charge in [0.25, 0.3) is 0 Å². The first kappa shape index (κ1) is 11.9. The standard InChI is InChI=1S/C11H18O2/c1-4-10(3)8-6-7-9-11(12)13-5-2/h4,7,9H,5-6,8H2,1-3H3/b9-7+,10-4+. The van der Waals surface area contributed by atoms with E-state index in [9.17, 15) is 4.79 Å². The minimum absolute atomic E-state index is 0.249. The van der Waals surface area contributed by atoms with Crippen LogP contribution in [0.2, 0.25) is 0 Å². The summed E-state index contributed by atoms with van der Waals surface area (Å²) in [4.78, 5) is 10.8. The largest absolute Gasteiger partial charge is 0.463 e. The molecule has 0 unspecified atom stereocenters. The lowest BCUT2D eigenvalue weighted by atomic mass is 10.1. The van der Waals surface area contributed by atoms with Crippen molar-refractivity contribution >= 4 is 5.97 Å². The van der Waals surface area contributed by atoms with Crippen LogP contribution in [0.15, 0.2) is 23.8 Å². The second-order valence-electron chi connectivity index (χ2n) is 2.83. The number of esters is 1. The Labute approximate surface area is 80.3 Å². The maximum atomic E-state index is 10.8. The number of carbonyl (C=O) groups is 1. The minimum Gasteiger partial charge on any atom is -0.463 e. The molecule has 0 aromatic carbocycles. The Hall–Kier alpha value is -1.05. The van der Waals surface area contributed by atoms with Crippen molar-refractivity contribution in [2.45, 2.75) is 33.6 Å². The Bertz CT molecular complexity index is 202. The number of carbonyl (C=O) groups excluding carboxylic acids is 1. The van der Waals surface area contributed by atoms with E-state index >= 15 is 0 Å². The molecule has 0 aliphatic carbocycles. The molecule has 0 N–H and O–H groups in total. The second kappa shape index (κ2) is 7.59. The van der Waals surface area contributed by atoms with Gasteiger partial charge >= 0.3 is 5.97 Å². The van der Waals surface area contributed by atoms with Gasteiger partial charge in [0, 0.05) is 6.08 Å². The highest BCUT2D eigenvalue weighted by molar-refractivity contribution is 5.81. The molecule has 13 heavy (non-hydrogen) atoms. The van der Waals surface area contributed by atoms with Crippen LogP contribution in [-0.4, -0.2) is 12.6 Å². The third-order valence-corrected chi connectivity index (χ3v) is 1.74. The van der Waals surface area contributed by atoms with Crippen LogP contribution in [0.5, 0.6) is 0 Å². The van der Waals surface area contributed by atoms with E-state index < -0.39 is 0 Å². The average molecular weight is 182 g/mol. The number of ether oxygens (including phenoxy) is 1. The summed E-state index contributed by atoms with van der Waals surface area (Å²) in [6.07, 6.45) is 7.33. The molecule has 0 aromatic heterocycles. The van der Waals surface area contributed by atoms with Gasteiger partial charge in [0.1, 0.15) is 0 Å². The lowest BCUT2D eigenvalue weighted by Gasteiger charge is -1.96. The van der Waals surface area contributed by atoms with E-state index in [-0.39, 0.29) is 5.97 Å².